The first-order valence-corrected chi connectivity index (χ1v) is 6.79. The molecule has 1 aromatic rings. The number of nitrogens with zero attached hydrogens (tertiary/aromatic N) is 1. The summed E-state index contributed by atoms with van der Waals surface area (Å²) in [5, 5.41) is 0. The molecule has 0 saturated carbocycles. The standard InChI is InChI=1S/C12H14BrClF3N/c1-8(2)18(6-5-14)11-4-3-9(7-10(11)13)12(15,16)17/h3-4,7-8H,5-6H2,1-2H3. The van der Waals surface area contributed by atoms with E-state index in [-0.39, 0.29) is 6.04 Å². The van der Waals surface area contributed by atoms with Crippen molar-refractivity contribution in [3.8, 4) is 0 Å². The third-order valence-corrected chi connectivity index (χ3v) is 3.34. The zero-order valence-electron chi connectivity index (χ0n) is 10.1. The summed E-state index contributed by atoms with van der Waals surface area (Å²) in [6.45, 7) is 4.52. The van der Waals surface area contributed by atoms with Crippen LogP contribution in [0, 0.1) is 0 Å². The molecule has 0 fully saturated rings. The maximum absolute atomic E-state index is 12.6. The second-order valence-electron chi connectivity index (χ2n) is 4.14. The van der Waals surface area contributed by atoms with Crippen molar-refractivity contribution < 1.29 is 13.2 Å². The Morgan fingerprint density at radius 1 is 1.33 bits per heavy atom. The number of benzene rings is 1. The summed E-state index contributed by atoms with van der Waals surface area (Å²) in [6, 6.07) is 3.82. The Labute approximate surface area is 118 Å². The normalized spacial score (nSPS) is 12.0. The molecule has 6 heteroatoms. The molecule has 1 nitrogen and oxygen atoms in total. The van der Waals surface area contributed by atoms with Crippen LogP contribution in [-0.4, -0.2) is 18.5 Å². The van der Waals surface area contributed by atoms with Crippen LogP contribution >= 0.6 is 27.5 Å². The van der Waals surface area contributed by atoms with Gasteiger partial charge in [0.15, 0.2) is 0 Å². The zero-order chi connectivity index (χ0) is 13.9. The second-order valence-corrected chi connectivity index (χ2v) is 5.37. The predicted molar refractivity (Wildman–Crippen MR) is 72.3 cm³/mol. The fourth-order valence-corrected chi connectivity index (χ4v) is 2.45. The van der Waals surface area contributed by atoms with Gasteiger partial charge >= 0.3 is 6.18 Å². The highest BCUT2D eigenvalue weighted by Gasteiger charge is 2.31. The van der Waals surface area contributed by atoms with Gasteiger partial charge in [-0.3, -0.25) is 0 Å². The molecule has 0 aliphatic rings. The number of anilines is 1. The van der Waals surface area contributed by atoms with E-state index in [2.05, 4.69) is 15.9 Å². The van der Waals surface area contributed by atoms with Crippen molar-refractivity contribution in [2.45, 2.75) is 26.1 Å². The van der Waals surface area contributed by atoms with Gasteiger partial charge in [0.2, 0.25) is 0 Å². The quantitative estimate of drug-likeness (QED) is 0.701. The van der Waals surface area contributed by atoms with E-state index < -0.39 is 11.7 Å². The molecule has 0 spiro atoms. The first-order chi connectivity index (χ1) is 8.27. The Morgan fingerprint density at radius 3 is 2.33 bits per heavy atom. The molecule has 0 amide bonds. The first kappa shape index (κ1) is 15.6. The number of hydrogen-bond donors (Lipinski definition) is 0. The lowest BCUT2D eigenvalue weighted by molar-refractivity contribution is -0.137. The largest absolute Gasteiger partial charge is 0.416 e. The molecule has 0 N–H and O–H groups in total. The van der Waals surface area contributed by atoms with E-state index >= 15 is 0 Å². The molecule has 0 bridgehead atoms. The number of rotatable bonds is 4. The van der Waals surface area contributed by atoms with Crippen molar-refractivity contribution in [1.29, 1.82) is 0 Å². The van der Waals surface area contributed by atoms with Crippen molar-refractivity contribution in [2.24, 2.45) is 0 Å². The minimum atomic E-state index is -4.32. The van der Waals surface area contributed by atoms with Crippen LogP contribution < -0.4 is 4.90 Å². The lowest BCUT2D eigenvalue weighted by atomic mass is 10.1. The fourth-order valence-electron chi connectivity index (χ4n) is 1.66. The molecule has 0 radical (unpaired) electrons. The molecular formula is C12H14BrClF3N. The maximum Gasteiger partial charge on any atom is 0.416 e. The molecule has 102 valence electrons. The Kier molecular flexibility index (Phi) is 5.34. The third kappa shape index (κ3) is 3.79. The summed E-state index contributed by atoms with van der Waals surface area (Å²) in [5.41, 5.74) is 0.0614. The van der Waals surface area contributed by atoms with E-state index in [1.165, 1.54) is 6.07 Å². The van der Waals surface area contributed by atoms with Gasteiger partial charge in [-0.05, 0) is 48.0 Å². The highest BCUT2D eigenvalue weighted by Crippen LogP contribution is 2.35. The van der Waals surface area contributed by atoms with Crippen molar-refractivity contribution in [3.63, 3.8) is 0 Å². The lowest BCUT2D eigenvalue weighted by Gasteiger charge is -2.29. The molecule has 0 aromatic heterocycles. The Balaban J connectivity index is 3.11. The van der Waals surface area contributed by atoms with Gasteiger partial charge in [0, 0.05) is 22.9 Å². The molecule has 0 saturated heterocycles. The van der Waals surface area contributed by atoms with Crippen molar-refractivity contribution in [3.05, 3.63) is 28.2 Å². The summed E-state index contributed by atoms with van der Waals surface area (Å²) in [4.78, 5) is 1.96. The van der Waals surface area contributed by atoms with Gasteiger partial charge in [0.25, 0.3) is 0 Å². The second kappa shape index (κ2) is 6.15. The number of alkyl halides is 4. The zero-order valence-corrected chi connectivity index (χ0v) is 12.4. The average molecular weight is 345 g/mol. The van der Waals surface area contributed by atoms with Gasteiger partial charge in [-0.1, -0.05) is 0 Å². The molecule has 0 heterocycles. The summed E-state index contributed by atoms with van der Waals surface area (Å²) < 4.78 is 38.1. The van der Waals surface area contributed by atoms with Crippen LogP contribution in [0.3, 0.4) is 0 Å². The average Bonchev–Trinajstić information content (AvgIpc) is 2.24. The fraction of sp³-hybridized carbons (Fsp3) is 0.500. The van der Waals surface area contributed by atoms with Crippen LogP contribution in [0.25, 0.3) is 0 Å². The third-order valence-electron chi connectivity index (χ3n) is 2.53. The van der Waals surface area contributed by atoms with Gasteiger partial charge in [-0.15, -0.1) is 11.6 Å². The first-order valence-electron chi connectivity index (χ1n) is 5.46. The van der Waals surface area contributed by atoms with Gasteiger partial charge in [-0.2, -0.15) is 13.2 Å². The highest BCUT2D eigenvalue weighted by molar-refractivity contribution is 9.10. The summed E-state index contributed by atoms with van der Waals surface area (Å²) >= 11 is 8.90. The lowest BCUT2D eigenvalue weighted by Crippen LogP contribution is -2.32. The van der Waals surface area contributed by atoms with Crippen LogP contribution in [0.4, 0.5) is 18.9 Å². The Bertz CT molecular complexity index is 407. The maximum atomic E-state index is 12.6. The predicted octanol–water partition coefficient (Wildman–Crippen LogP) is 4.92. The minimum absolute atomic E-state index is 0.164. The van der Waals surface area contributed by atoms with Crippen molar-refractivity contribution in [1.82, 2.24) is 0 Å². The topological polar surface area (TPSA) is 3.24 Å². The van der Waals surface area contributed by atoms with E-state index in [4.69, 9.17) is 11.6 Å². The van der Waals surface area contributed by atoms with Gasteiger partial charge in [0.05, 0.1) is 11.3 Å². The molecule has 0 aliphatic heterocycles. The highest BCUT2D eigenvalue weighted by atomic mass is 79.9. The van der Waals surface area contributed by atoms with E-state index in [0.29, 0.717) is 16.9 Å². The van der Waals surface area contributed by atoms with Crippen molar-refractivity contribution >= 4 is 33.2 Å². The monoisotopic (exact) mass is 343 g/mol. The molecule has 1 aromatic carbocycles. The van der Waals surface area contributed by atoms with Crippen LogP contribution in [0.15, 0.2) is 22.7 Å². The SMILES string of the molecule is CC(C)N(CCCl)c1ccc(C(F)(F)F)cc1Br. The summed E-state index contributed by atoms with van der Waals surface area (Å²) in [7, 11) is 0. The van der Waals surface area contributed by atoms with Crippen LogP contribution in [0.5, 0.6) is 0 Å². The molecule has 0 atom stereocenters. The van der Waals surface area contributed by atoms with Gasteiger partial charge in [0.1, 0.15) is 0 Å². The minimum Gasteiger partial charge on any atom is -0.367 e. The Morgan fingerprint density at radius 2 is 1.94 bits per heavy atom. The molecule has 0 unspecified atom stereocenters. The molecule has 1 rings (SSSR count). The van der Waals surface area contributed by atoms with E-state index in [9.17, 15) is 13.2 Å². The molecule has 18 heavy (non-hydrogen) atoms. The molecular weight excluding hydrogens is 330 g/mol. The van der Waals surface area contributed by atoms with Gasteiger partial charge in [-0.25, -0.2) is 0 Å². The van der Waals surface area contributed by atoms with Crippen LogP contribution in [0.2, 0.25) is 0 Å². The number of halogens is 5. The molecule has 0 aliphatic carbocycles. The number of hydrogen-bond acceptors (Lipinski definition) is 1. The summed E-state index contributed by atoms with van der Waals surface area (Å²) in [5.74, 6) is 0.422. The summed E-state index contributed by atoms with van der Waals surface area (Å²) in [6.07, 6.45) is -4.32. The van der Waals surface area contributed by atoms with E-state index in [1.54, 1.807) is 0 Å². The Hall–Kier alpha value is -0.420. The van der Waals surface area contributed by atoms with Gasteiger partial charge < -0.3 is 4.90 Å². The van der Waals surface area contributed by atoms with Crippen LogP contribution in [-0.2, 0) is 6.18 Å². The smallest absolute Gasteiger partial charge is 0.367 e. The van der Waals surface area contributed by atoms with E-state index in [1.807, 2.05) is 18.7 Å². The van der Waals surface area contributed by atoms with E-state index in [0.717, 1.165) is 17.8 Å². The van der Waals surface area contributed by atoms with Crippen LogP contribution in [0.1, 0.15) is 19.4 Å². The van der Waals surface area contributed by atoms with Crippen molar-refractivity contribution in [2.75, 3.05) is 17.3 Å².